The predicted octanol–water partition coefficient (Wildman–Crippen LogP) is 3.85. The lowest BCUT2D eigenvalue weighted by atomic mass is 10.1. The summed E-state index contributed by atoms with van der Waals surface area (Å²) in [5, 5.41) is 0.939. The van der Waals surface area contributed by atoms with Crippen molar-refractivity contribution in [1.29, 1.82) is 0 Å². The Morgan fingerprint density at radius 1 is 1.00 bits per heavy atom. The molecule has 1 aliphatic rings. The summed E-state index contributed by atoms with van der Waals surface area (Å²) in [7, 11) is 0. The van der Waals surface area contributed by atoms with Crippen LogP contribution in [-0.2, 0) is 13.0 Å². The number of hydrogen-bond donors (Lipinski definition) is 2. The van der Waals surface area contributed by atoms with Crippen molar-refractivity contribution >= 4 is 28.4 Å². The van der Waals surface area contributed by atoms with Crippen molar-refractivity contribution in [2.24, 2.45) is 0 Å². The normalized spacial score (nSPS) is 14.9. The van der Waals surface area contributed by atoms with E-state index in [2.05, 4.69) is 39.8 Å². The number of hydrogen-bond acceptors (Lipinski definition) is 5. The number of furan rings is 1. The third-order valence-corrected chi connectivity index (χ3v) is 5.77. The van der Waals surface area contributed by atoms with Gasteiger partial charge in [-0.1, -0.05) is 42.5 Å². The smallest absolute Gasteiger partial charge is 0.288 e. The fourth-order valence-corrected chi connectivity index (χ4v) is 4.13. The van der Waals surface area contributed by atoms with E-state index in [9.17, 15) is 9.59 Å². The Bertz CT molecular complexity index is 1310. The van der Waals surface area contributed by atoms with E-state index in [1.807, 2.05) is 42.5 Å². The molecular weight excluding hydrogens is 404 g/mol. The summed E-state index contributed by atoms with van der Waals surface area (Å²) in [6.45, 7) is 2.62. The zero-order valence-electron chi connectivity index (χ0n) is 17.5. The highest BCUT2D eigenvalue weighted by molar-refractivity contribution is 5.99. The summed E-state index contributed by atoms with van der Waals surface area (Å²) in [4.78, 5) is 31.8. The first kappa shape index (κ1) is 19.8. The maximum absolute atomic E-state index is 12.8. The number of fused-ring (bicyclic) bond motifs is 2. The van der Waals surface area contributed by atoms with Crippen LogP contribution in [0.15, 0.2) is 77.4 Å². The van der Waals surface area contributed by atoms with Crippen LogP contribution in [0.3, 0.4) is 0 Å². The number of anilines is 1. The fraction of sp³-hybridized carbons (Fsp3) is 0.160. The molecule has 0 bridgehead atoms. The molecule has 2 aromatic heterocycles. The van der Waals surface area contributed by atoms with Gasteiger partial charge in [0, 0.05) is 17.1 Å². The number of hydrazine groups is 1. The average molecular weight is 426 g/mol. The van der Waals surface area contributed by atoms with Crippen molar-refractivity contribution in [3.63, 3.8) is 0 Å². The summed E-state index contributed by atoms with van der Waals surface area (Å²) in [6, 6.07) is 21.1. The number of benzene rings is 2. The van der Waals surface area contributed by atoms with E-state index in [4.69, 9.17) is 4.42 Å². The van der Waals surface area contributed by atoms with Gasteiger partial charge >= 0.3 is 0 Å². The first-order chi connectivity index (χ1) is 15.6. The largest absolute Gasteiger partial charge is 0.467 e. The summed E-state index contributed by atoms with van der Waals surface area (Å²) in [6.07, 6.45) is 2.44. The SMILES string of the molecule is CC1Cc2ccccc2N1Cc1occc1C(=O)NNC(=O)c1ccc2ccccc2n1. The standard InChI is InChI=1S/C25H22N4O3/c1-16-14-18-7-3-5-9-22(18)29(16)15-23-19(12-13-32-23)24(30)27-28-25(31)21-11-10-17-6-2-4-8-20(17)26-21/h2-13,16H,14-15H2,1H3,(H,27,30)(H,28,31). The minimum absolute atomic E-state index is 0.221. The summed E-state index contributed by atoms with van der Waals surface area (Å²) < 4.78 is 5.62. The quantitative estimate of drug-likeness (QED) is 0.484. The van der Waals surface area contributed by atoms with Gasteiger partial charge in [-0.2, -0.15) is 0 Å². The number of para-hydroxylation sites is 2. The van der Waals surface area contributed by atoms with Crippen LogP contribution in [-0.4, -0.2) is 22.8 Å². The van der Waals surface area contributed by atoms with E-state index in [1.54, 1.807) is 12.1 Å². The lowest BCUT2D eigenvalue weighted by molar-refractivity contribution is 0.0843. The van der Waals surface area contributed by atoms with E-state index >= 15 is 0 Å². The van der Waals surface area contributed by atoms with Crippen LogP contribution >= 0.6 is 0 Å². The van der Waals surface area contributed by atoms with Crippen molar-refractivity contribution in [3.05, 3.63) is 95.6 Å². The molecular formula is C25H22N4O3. The average Bonchev–Trinajstić information content (AvgIpc) is 3.41. The van der Waals surface area contributed by atoms with E-state index < -0.39 is 11.8 Å². The molecule has 1 aliphatic heterocycles. The zero-order chi connectivity index (χ0) is 22.1. The van der Waals surface area contributed by atoms with Crippen molar-refractivity contribution in [1.82, 2.24) is 15.8 Å². The summed E-state index contributed by atoms with van der Waals surface area (Å²) in [5.74, 6) is -0.386. The van der Waals surface area contributed by atoms with Crippen molar-refractivity contribution in [2.45, 2.75) is 25.9 Å². The summed E-state index contributed by atoms with van der Waals surface area (Å²) in [5.41, 5.74) is 8.66. The Balaban J connectivity index is 1.27. The second-order valence-electron chi connectivity index (χ2n) is 7.86. The Morgan fingerprint density at radius 3 is 2.69 bits per heavy atom. The molecule has 0 aliphatic carbocycles. The van der Waals surface area contributed by atoms with Crippen molar-refractivity contribution < 1.29 is 14.0 Å². The molecule has 4 aromatic rings. The monoisotopic (exact) mass is 426 g/mol. The maximum Gasteiger partial charge on any atom is 0.288 e. The Hall–Kier alpha value is -4.13. The number of nitrogens with zero attached hydrogens (tertiary/aromatic N) is 2. The fourth-order valence-electron chi connectivity index (χ4n) is 4.13. The maximum atomic E-state index is 12.8. The van der Waals surface area contributed by atoms with Gasteiger partial charge in [-0.25, -0.2) is 4.98 Å². The first-order valence-electron chi connectivity index (χ1n) is 10.5. The molecule has 3 heterocycles. The second-order valence-corrected chi connectivity index (χ2v) is 7.86. The van der Waals surface area contributed by atoms with E-state index in [1.165, 1.54) is 11.8 Å². The molecule has 5 rings (SSSR count). The van der Waals surface area contributed by atoms with E-state index in [0.29, 0.717) is 29.4 Å². The number of aromatic nitrogens is 1. The molecule has 0 spiro atoms. The minimum Gasteiger partial charge on any atom is -0.467 e. The number of amides is 2. The Labute approximate surface area is 185 Å². The molecule has 2 N–H and O–H groups in total. The molecule has 0 fully saturated rings. The van der Waals surface area contributed by atoms with Crippen molar-refractivity contribution in [3.8, 4) is 0 Å². The van der Waals surface area contributed by atoms with Crippen molar-refractivity contribution in [2.75, 3.05) is 4.90 Å². The molecule has 160 valence electrons. The van der Waals surface area contributed by atoms with Crippen LogP contribution in [0.5, 0.6) is 0 Å². The zero-order valence-corrected chi connectivity index (χ0v) is 17.5. The predicted molar refractivity (Wildman–Crippen MR) is 121 cm³/mol. The van der Waals surface area contributed by atoms with Gasteiger partial charge in [-0.3, -0.25) is 20.4 Å². The first-order valence-corrected chi connectivity index (χ1v) is 10.5. The van der Waals surface area contributed by atoms with Crippen LogP contribution < -0.4 is 15.8 Å². The number of rotatable bonds is 4. The van der Waals surface area contributed by atoms with Crippen LogP contribution in [0.2, 0.25) is 0 Å². The third-order valence-electron chi connectivity index (χ3n) is 5.77. The van der Waals surface area contributed by atoms with Crippen LogP contribution in [0.1, 0.15) is 39.1 Å². The molecule has 1 atom stereocenters. The molecule has 7 nitrogen and oxygen atoms in total. The van der Waals surface area contributed by atoms with Gasteiger partial charge in [-0.15, -0.1) is 0 Å². The number of carbonyl (C=O) groups excluding carboxylic acids is 2. The van der Waals surface area contributed by atoms with Gasteiger partial charge in [0.25, 0.3) is 11.8 Å². The van der Waals surface area contributed by atoms with Gasteiger partial charge in [0.15, 0.2) is 0 Å². The molecule has 2 amide bonds. The summed E-state index contributed by atoms with van der Waals surface area (Å²) >= 11 is 0. The topological polar surface area (TPSA) is 87.5 Å². The molecule has 0 saturated heterocycles. The van der Waals surface area contributed by atoms with Gasteiger partial charge in [-0.05, 0) is 43.2 Å². The molecule has 0 saturated carbocycles. The van der Waals surface area contributed by atoms with Gasteiger partial charge in [0.1, 0.15) is 11.5 Å². The number of carbonyl (C=O) groups is 2. The molecule has 32 heavy (non-hydrogen) atoms. The highest BCUT2D eigenvalue weighted by Crippen LogP contribution is 2.33. The van der Waals surface area contributed by atoms with E-state index in [0.717, 1.165) is 17.5 Å². The second kappa shape index (κ2) is 8.19. The lowest BCUT2D eigenvalue weighted by Crippen LogP contribution is -2.42. The molecule has 0 radical (unpaired) electrons. The molecule has 7 heteroatoms. The Kier molecular flexibility index (Phi) is 5.07. The number of pyridine rings is 1. The number of nitrogens with one attached hydrogen (secondary N) is 2. The third kappa shape index (κ3) is 3.69. The van der Waals surface area contributed by atoms with Crippen LogP contribution in [0, 0.1) is 0 Å². The van der Waals surface area contributed by atoms with Gasteiger partial charge < -0.3 is 9.32 Å². The lowest BCUT2D eigenvalue weighted by Gasteiger charge is -2.24. The highest BCUT2D eigenvalue weighted by atomic mass is 16.3. The van der Waals surface area contributed by atoms with Crippen LogP contribution in [0.4, 0.5) is 5.69 Å². The Morgan fingerprint density at radius 2 is 1.78 bits per heavy atom. The van der Waals surface area contributed by atoms with Gasteiger partial charge in [0.05, 0.1) is 23.9 Å². The van der Waals surface area contributed by atoms with E-state index in [-0.39, 0.29) is 5.69 Å². The minimum atomic E-state index is -0.490. The molecule has 1 unspecified atom stereocenters. The molecule has 2 aromatic carbocycles. The highest BCUT2D eigenvalue weighted by Gasteiger charge is 2.28. The van der Waals surface area contributed by atoms with Gasteiger partial charge in [0.2, 0.25) is 0 Å². The van der Waals surface area contributed by atoms with Crippen LogP contribution in [0.25, 0.3) is 10.9 Å².